The second kappa shape index (κ2) is 57.3. The molecule has 0 aliphatic rings. The monoisotopic (exact) mass is 195 g/mol. The quantitative estimate of drug-likeness (QED) is 0.454. The summed E-state index contributed by atoms with van der Waals surface area (Å²) >= 11 is 3.06. The van der Waals surface area contributed by atoms with E-state index in [2.05, 4.69) is 15.9 Å². The molecule has 0 radical (unpaired) electrons. The van der Waals surface area contributed by atoms with Gasteiger partial charge in [-0.2, -0.15) is 0 Å². The third kappa shape index (κ3) is 136. The Kier molecular flexibility index (Phi) is 129. The minimum atomic E-state index is -1.42. The number of rotatable bonds is 0. The molecule has 0 unspecified atom stereocenters. The van der Waals surface area contributed by atoms with Gasteiger partial charge in [0.2, 0.25) is 0 Å². The summed E-state index contributed by atoms with van der Waals surface area (Å²) in [7, 11) is -1.42. The summed E-state index contributed by atoms with van der Waals surface area (Å²) < 4.78 is 33.0. The van der Waals surface area contributed by atoms with Crippen molar-refractivity contribution in [2.75, 3.05) is 0 Å². The van der Waals surface area contributed by atoms with Gasteiger partial charge in [-0.15, -0.1) is 0 Å². The Morgan fingerprint density at radius 2 is 1.14 bits per heavy atom. The van der Waals surface area contributed by atoms with Crippen molar-refractivity contribution < 1.29 is 30.1 Å². The molecule has 0 amide bonds. The van der Waals surface area contributed by atoms with Crippen molar-refractivity contribution in [3.63, 3.8) is 0 Å². The Labute approximate surface area is 74.4 Å². The summed E-state index contributed by atoms with van der Waals surface area (Å²) in [5.41, 5.74) is 0. The predicted octanol–water partition coefficient (Wildman–Crippen LogP) is -1.24. The van der Waals surface area contributed by atoms with Crippen LogP contribution in [0.2, 0.25) is 0 Å². The van der Waals surface area contributed by atoms with E-state index in [0.29, 0.717) is 0 Å². The van der Waals surface area contributed by atoms with Crippen LogP contribution >= 0.6 is 0 Å². The van der Waals surface area contributed by atoms with E-state index in [4.69, 9.17) is 14.2 Å². The van der Waals surface area contributed by atoms with Crippen LogP contribution in [0.3, 0.4) is 0 Å². The van der Waals surface area contributed by atoms with E-state index >= 15 is 0 Å². The van der Waals surface area contributed by atoms with Crippen LogP contribution in [0.15, 0.2) is 0 Å². The number of hydrogen-bond donors (Lipinski definition) is 0. The zero-order valence-corrected chi connectivity index (χ0v) is 7.29. The van der Waals surface area contributed by atoms with Crippen molar-refractivity contribution in [3.05, 3.63) is 0 Å². The fraction of sp³-hybridized carbons (Fsp3) is 0. The molecular formula is CaCuO4Si. The van der Waals surface area contributed by atoms with Crippen LogP contribution in [0.25, 0.3) is 0 Å². The van der Waals surface area contributed by atoms with Crippen LogP contribution in [0, 0.1) is 0 Å². The summed E-state index contributed by atoms with van der Waals surface area (Å²) in [5.74, 6) is 0. The van der Waals surface area contributed by atoms with Gasteiger partial charge in [0.15, 0.2) is 0 Å². The molecule has 0 fully saturated rings. The van der Waals surface area contributed by atoms with Gasteiger partial charge >= 0.3 is 66.4 Å². The zero-order valence-electron chi connectivity index (χ0n) is 3.14. The molecular weight excluding hydrogens is 196 g/mol. The SMILES string of the molecule is O=[Si]=O.[O]=[Ca].[O]=[Cu]. The molecule has 0 heterocycles. The first-order valence-electron chi connectivity index (χ1n) is 0.820. The van der Waals surface area contributed by atoms with E-state index in [9.17, 15) is 0 Å². The Morgan fingerprint density at radius 1 is 1.14 bits per heavy atom. The summed E-state index contributed by atoms with van der Waals surface area (Å²) in [4.78, 5) is 0. The standard InChI is InChI=1S/Ca.Cu.O2Si.2O/c;;1-3-2;;. The second-order valence-corrected chi connectivity index (χ2v) is 0.250. The fourth-order valence-electron chi connectivity index (χ4n) is 0. The van der Waals surface area contributed by atoms with E-state index < -0.39 is 9.29 Å². The predicted molar refractivity (Wildman–Crippen MR) is 14.3 cm³/mol. The molecule has 0 N–H and O–H groups in total. The van der Waals surface area contributed by atoms with Gasteiger partial charge in [-0.3, -0.25) is 8.92 Å². The van der Waals surface area contributed by atoms with E-state index in [1.807, 2.05) is 0 Å². The first-order chi connectivity index (χ1) is 3.41. The normalized spacial score (nSPS) is 2.86. The third-order valence-corrected chi connectivity index (χ3v) is 0. The van der Waals surface area contributed by atoms with Crippen LogP contribution in [0.4, 0.5) is 0 Å². The molecule has 0 bridgehead atoms. The number of hydrogen-bond acceptors (Lipinski definition) is 4. The molecule has 0 aromatic rings. The van der Waals surface area contributed by atoms with Gasteiger partial charge in [-0.25, -0.2) is 0 Å². The Hall–Kier alpha value is 1.20. The molecule has 7 heteroatoms. The van der Waals surface area contributed by atoms with Crippen LogP contribution in [-0.2, 0) is 30.1 Å². The molecule has 0 saturated carbocycles. The van der Waals surface area contributed by atoms with Crippen LogP contribution in [0.5, 0.6) is 0 Å². The van der Waals surface area contributed by atoms with E-state index in [0.717, 1.165) is 0 Å². The van der Waals surface area contributed by atoms with Crippen molar-refractivity contribution in [1.29, 1.82) is 0 Å². The first-order valence-corrected chi connectivity index (χ1v) is 2.92. The Bertz CT molecular complexity index is 47.7. The van der Waals surface area contributed by atoms with Gasteiger partial charge in [0.05, 0.1) is 0 Å². The van der Waals surface area contributed by atoms with Crippen molar-refractivity contribution in [3.8, 4) is 0 Å². The molecule has 0 aromatic carbocycles. The maximum atomic E-state index is 8.40. The molecule has 0 aliphatic carbocycles. The van der Waals surface area contributed by atoms with Crippen LogP contribution in [-0.4, -0.2) is 45.2 Å². The summed E-state index contributed by atoms with van der Waals surface area (Å²) in [6, 6.07) is 0. The van der Waals surface area contributed by atoms with Crippen molar-refractivity contribution in [1.82, 2.24) is 0 Å². The topological polar surface area (TPSA) is 68.3 Å². The van der Waals surface area contributed by atoms with Gasteiger partial charge in [-0.1, -0.05) is 0 Å². The van der Waals surface area contributed by atoms with Crippen LogP contribution < -0.4 is 0 Å². The average molecular weight is 196 g/mol. The summed E-state index contributed by atoms with van der Waals surface area (Å²) in [6.45, 7) is 0. The van der Waals surface area contributed by atoms with E-state index in [1.165, 1.54) is 0 Å². The molecule has 7 heavy (non-hydrogen) atoms. The van der Waals surface area contributed by atoms with Crippen LogP contribution in [0.1, 0.15) is 0 Å². The molecule has 0 spiro atoms. The van der Waals surface area contributed by atoms with Crippen molar-refractivity contribution in [2.45, 2.75) is 0 Å². The zero-order chi connectivity index (χ0) is 6.71. The van der Waals surface area contributed by atoms with E-state index in [1.54, 1.807) is 0 Å². The van der Waals surface area contributed by atoms with Gasteiger partial charge in [-0.05, 0) is 0 Å². The molecule has 0 aliphatic heterocycles. The van der Waals surface area contributed by atoms with Gasteiger partial charge in [0.25, 0.3) is 0 Å². The van der Waals surface area contributed by atoms with Gasteiger partial charge in [0.1, 0.15) is 0 Å². The van der Waals surface area contributed by atoms with Crippen molar-refractivity contribution in [2.24, 2.45) is 0 Å². The van der Waals surface area contributed by atoms with Gasteiger partial charge in [0, 0.05) is 0 Å². The molecule has 0 atom stereocenters. The summed E-state index contributed by atoms with van der Waals surface area (Å²) in [5, 5.41) is 0. The molecule has 0 aromatic heterocycles. The average Bonchev–Trinajstić information content (AvgIpc) is 1.78. The maximum absolute atomic E-state index is 8.40. The van der Waals surface area contributed by atoms with E-state index in [-0.39, 0.29) is 35.9 Å². The molecule has 0 rings (SSSR count). The van der Waals surface area contributed by atoms with Crippen molar-refractivity contribution >= 4 is 45.2 Å². The third-order valence-electron chi connectivity index (χ3n) is 0. The Morgan fingerprint density at radius 3 is 1.14 bits per heavy atom. The fourth-order valence-corrected chi connectivity index (χ4v) is 0. The second-order valence-electron chi connectivity index (χ2n) is 0.0833. The van der Waals surface area contributed by atoms with Gasteiger partial charge < -0.3 is 0 Å². The minimum absolute atomic E-state index is 0.125. The molecule has 41 valence electrons. The molecule has 0 saturated heterocycles. The Balaban J connectivity index is -0.0000000360. The summed E-state index contributed by atoms with van der Waals surface area (Å²) in [6.07, 6.45) is 0. The first kappa shape index (κ1) is 15.7. The molecule has 4 nitrogen and oxygen atoms in total.